The highest BCUT2D eigenvalue weighted by molar-refractivity contribution is 6.07. The summed E-state index contributed by atoms with van der Waals surface area (Å²) in [4.78, 5) is 40.9. The van der Waals surface area contributed by atoms with Crippen molar-refractivity contribution in [3.63, 3.8) is 0 Å². The van der Waals surface area contributed by atoms with Gasteiger partial charge in [0.1, 0.15) is 28.6 Å². The summed E-state index contributed by atoms with van der Waals surface area (Å²) < 4.78 is 70.5. The van der Waals surface area contributed by atoms with Crippen molar-refractivity contribution in [2.45, 2.75) is 12.2 Å². The molecular weight excluding hydrogens is 709 g/mol. The fraction of sp³-hybridized carbons (Fsp3) is 0.256. The molecule has 0 unspecified atom stereocenters. The molecule has 284 valence electrons. The number of carbonyl (C=O) groups is 3. The van der Waals surface area contributed by atoms with Crippen LogP contribution in [0.25, 0.3) is 6.08 Å². The van der Waals surface area contributed by atoms with Crippen LogP contribution in [0.15, 0.2) is 60.7 Å². The van der Waals surface area contributed by atoms with Gasteiger partial charge in [-0.15, -0.1) is 0 Å². The first-order valence-electron chi connectivity index (χ1n) is 16.1. The molecule has 1 aliphatic heterocycles. The van der Waals surface area contributed by atoms with E-state index in [1.54, 1.807) is 24.3 Å². The minimum Gasteiger partial charge on any atom is -0.496 e. The van der Waals surface area contributed by atoms with Gasteiger partial charge in [-0.25, -0.2) is 9.18 Å². The Bertz CT molecular complexity index is 2050. The van der Waals surface area contributed by atoms with E-state index in [-0.39, 0.29) is 45.6 Å². The van der Waals surface area contributed by atoms with Gasteiger partial charge in [-0.2, -0.15) is 0 Å². The van der Waals surface area contributed by atoms with Crippen LogP contribution in [0.1, 0.15) is 37.9 Å². The molecule has 1 aliphatic rings. The Hall–Kier alpha value is -6.64. The van der Waals surface area contributed by atoms with E-state index in [4.69, 9.17) is 47.4 Å². The van der Waals surface area contributed by atoms with Gasteiger partial charge in [0, 0.05) is 23.8 Å². The Morgan fingerprint density at radius 1 is 0.704 bits per heavy atom. The van der Waals surface area contributed by atoms with Crippen LogP contribution in [0.2, 0.25) is 0 Å². The summed E-state index contributed by atoms with van der Waals surface area (Å²) in [7, 11) is 11.5. The molecule has 54 heavy (non-hydrogen) atoms. The molecule has 0 spiro atoms. The molecule has 0 fully saturated rings. The van der Waals surface area contributed by atoms with E-state index in [2.05, 4.69) is 5.32 Å². The molecule has 4 aromatic rings. The van der Waals surface area contributed by atoms with Gasteiger partial charge in [-0.3, -0.25) is 9.59 Å². The van der Waals surface area contributed by atoms with Crippen molar-refractivity contribution in [3.05, 3.63) is 88.7 Å². The Kier molecular flexibility index (Phi) is 12.0. The number of ketones is 1. The number of nitrogens with one attached hydrogen (secondary N) is 1. The molecule has 1 amide bonds. The van der Waals surface area contributed by atoms with Crippen molar-refractivity contribution in [2.75, 3.05) is 62.2 Å². The average Bonchev–Trinajstić information content (AvgIpc) is 3.19. The van der Waals surface area contributed by atoms with E-state index in [9.17, 15) is 18.8 Å². The van der Waals surface area contributed by atoms with Crippen molar-refractivity contribution in [1.82, 2.24) is 0 Å². The zero-order valence-corrected chi connectivity index (χ0v) is 30.7. The maximum atomic E-state index is 15.0. The zero-order chi connectivity index (χ0) is 39.1. The number of Topliss-reactive ketones (excluding diaryl/α,β-unsaturated/α-hetero) is 1. The normalized spacial score (nSPS) is 14.6. The minimum atomic E-state index is -1.60. The lowest BCUT2D eigenvalue weighted by Gasteiger charge is -2.33. The molecule has 0 saturated heterocycles. The number of rotatable bonds is 14. The average molecular weight is 748 g/mol. The predicted molar refractivity (Wildman–Crippen MR) is 193 cm³/mol. The van der Waals surface area contributed by atoms with Gasteiger partial charge < -0.3 is 52.7 Å². The zero-order valence-electron chi connectivity index (χ0n) is 30.7. The van der Waals surface area contributed by atoms with Crippen LogP contribution in [0, 0.1) is 5.82 Å². The predicted octanol–water partition coefficient (Wildman–Crippen LogP) is 6.09. The van der Waals surface area contributed by atoms with Gasteiger partial charge in [-0.1, -0.05) is 0 Å². The molecule has 4 aromatic carbocycles. The first-order chi connectivity index (χ1) is 26.0. The van der Waals surface area contributed by atoms with Gasteiger partial charge in [0.25, 0.3) is 0 Å². The highest BCUT2D eigenvalue weighted by Gasteiger charge is 2.44. The van der Waals surface area contributed by atoms with Crippen LogP contribution >= 0.6 is 0 Å². The number of carbonyl (C=O) groups excluding carboxylic acids is 3. The Morgan fingerprint density at radius 3 is 1.81 bits per heavy atom. The number of esters is 1. The molecule has 1 N–H and O–H groups in total. The van der Waals surface area contributed by atoms with E-state index >= 15 is 0 Å². The number of hydrogen-bond acceptors (Lipinski definition) is 13. The second-order valence-electron chi connectivity index (χ2n) is 11.4. The number of ether oxygens (including phenoxy) is 10. The van der Waals surface area contributed by atoms with Crippen LogP contribution in [-0.2, 0) is 9.53 Å². The van der Waals surface area contributed by atoms with E-state index in [1.165, 1.54) is 75.1 Å². The van der Waals surface area contributed by atoms with Gasteiger partial charge in [-0.05, 0) is 54.1 Å². The molecule has 2 atom stereocenters. The summed E-state index contributed by atoms with van der Waals surface area (Å²) in [6.07, 6.45) is -0.237. The SMILES string of the molecule is COc1cc(OC)c2c(c1)O[C@H](c1cc(OC)c(OC)c(OC)c1)[C@@H](OC(=O)c1ccc(F)c(NC(=O)/C=C/c3cc(OC)c(OC)c(OC)c3)c1)C2=O. The maximum absolute atomic E-state index is 15.0. The lowest BCUT2D eigenvalue weighted by Crippen LogP contribution is -2.40. The standard InChI is InChI=1S/C39H38FNO13/c1-45-23-18-26(46-2)33-27(19-23)53-35(22-16-30(49-5)37(52-8)31(17-22)50-6)38(34(33)43)54-39(44)21-10-11-24(40)25(15-21)41-32(42)12-9-20-13-28(47-3)36(51-7)29(14-20)48-4/h9-19,35,38H,1-8H3,(H,41,42)/b12-9+/t35-,38+/m1/s1. The summed E-state index contributed by atoms with van der Waals surface area (Å²) in [6, 6.07) is 12.6. The number of halogens is 1. The Labute approximate surface area is 310 Å². The smallest absolute Gasteiger partial charge is 0.339 e. The van der Waals surface area contributed by atoms with E-state index < -0.39 is 35.7 Å². The second-order valence-corrected chi connectivity index (χ2v) is 11.4. The van der Waals surface area contributed by atoms with Gasteiger partial charge in [0.15, 0.2) is 29.1 Å². The Balaban J connectivity index is 1.46. The summed E-state index contributed by atoms with van der Waals surface area (Å²) in [5, 5.41) is 2.42. The summed E-state index contributed by atoms with van der Waals surface area (Å²) in [5.41, 5.74) is 0.356. The first kappa shape index (κ1) is 38.6. The van der Waals surface area contributed by atoms with Crippen LogP contribution in [-0.4, -0.2) is 80.6 Å². The maximum Gasteiger partial charge on any atom is 0.339 e. The van der Waals surface area contributed by atoms with Crippen molar-refractivity contribution in [2.24, 2.45) is 0 Å². The van der Waals surface area contributed by atoms with Crippen LogP contribution in [0.5, 0.6) is 51.7 Å². The van der Waals surface area contributed by atoms with Gasteiger partial charge >= 0.3 is 5.97 Å². The minimum absolute atomic E-state index is 0.00531. The monoisotopic (exact) mass is 747 g/mol. The number of fused-ring (bicyclic) bond motifs is 1. The third-order valence-electron chi connectivity index (χ3n) is 8.35. The van der Waals surface area contributed by atoms with Crippen LogP contribution in [0.3, 0.4) is 0 Å². The van der Waals surface area contributed by atoms with Crippen LogP contribution in [0.4, 0.5) is 10.1 Å². The third-order valence-corrected chi connectivity index (χ3v) is 8.35. The topological polar surface area (TPSA) is 156 Å². The molecule has 0 aromatic heterocycles. The lowest BCUT2D eigenvalue weighted by atomic mass is 9.92. The number of benzene rings is 4. The number of anilines is 1. The second kappa shape index (κ2) is 16.8. The molecule has 5 rings (SSSR count). The molecular formula is C39H38FNO13. The Morgan fingerprint density at radius 2 is 1.28 bits per heavy atom. The summed E-state index contributed by atoms with van der Waals surface area (Å²) in [6.45, 7) is 0. The fourth-order valence-corrected chi connectivity index (χ4v) is 5.76. The fourth-order valence-electron chi connectivity index (χ4n) is 5.76. The highest BCUT2D eigenvalue weighted by atomic mass is 19.1. The highest BCUT2D eigenvalue weighted by Crippen LogP contribution is 2.47. The molecule has 14 nitrogen and oxygen atoms in total. The first-order valence-corrected chi connectivity index (χ1v) is 16.1. The molecule has 15 heteroatoms. The van der Waals surface area contributed by atoms with Gasteiger partial charge in [0.05, 0.1) is 68.1 Å². The summed E-state index contributed by atoms with van der Waals surface area (Å²) >= 11 is 0. The van der Waals surface area contributed by atoms with Gasteiger partial charge in [0.2, 0.25) is 29.3 Å². The van der Waals surface area contributed by atoms with Crippen molar-refractivity contribution in [3.8, 4) is 51.7 Å². The lowest BCUT2D eigenvalue weighted by molar-refractivity contribution is -0.111. The van der Waals surface area contributed by atoms with E-state index in [1.807, 2.05) is 0 Å². The quantitative estimate of drug-likeness (QED) is 0.117. The van der Waals surface area contributed by atoms with Crippen molar-refractivity contribution >= 4 is 29.4 Å². The number of hydrogen-bond donors (Lipinski definition) is 1. The van der Waals surface area contributed by atoms with Crippen molar-refractivity contribution < 1.29 is 66.1 Å². The van der Waals surface area contributed by atoms with Crippen molar-refractivity contribution in [1.29, 1.82) is 0 Å². The molecule has 0 saturated carbocycles. The molecule has 0 radical (unpaired) electrons. The molecule has 0 bridgehead atoms. The number of amides is 1. The largest absolute Gasteiger partial charge is 0.496 e. The van der Waals surface area contributed by atoms with E-state index in [0.717, 1.165) is 24.3 Å². The third kappa shape index (κ3) is 7.74. The summed E-state index contributed by atoms with van der Waals surface area (Å²) in [5.74, 6) is -0.781. The van der Waals surface area contributed by atoms with Crippen LogP contribution < -0.4 is 47.9 Å². The van der Waals surface area contributed by atoms with E-state index in [0.29, 0.717) is 34.1 Å². The molecule has 0 aliphatic carbocycles. The molecule has 1 heterocycles. The number of methoxy groups -OCH3 is 8.